The monoisotopic (exact) mass is 521 g/mol. The molecule has 192 valence electrons. The van der Waals surface area contributed by atoms with E-state index in [1.54, 1.807) is 18.2 Å². The van der Waals surface area contributed by atoms with Crippen molar-refractivity contribution >= 4 is 17.5 Å². The number of rotatable bonds is 10. The SMILES string of the molecule is COc1cccc(CNC[C@H]2O[C@@H](n3cnc(C(N)=O)n3)[C@H](O)[C@@H]2O)c1OCc1ccc(F)cc1Cl. The number of aliphatic hydroxyl groups is 2. The Morgan fingerprint density at radius 1 is 1.28 bits per heavy atom. The number of amides is 1. The van der Waals surface area contributed by atoms with Crippen molar-refractivity contribution in [1.29, 1.82) is 0 Å². The first-order chi connectivity index (χ1) is 17.3. The molecule has 11 nitrogen and oxygen atoms in total. The van der Waals surface area contributed by atoms with Crippen molar-refractivity contribution in [3.63, 3.8) is 0 Å². The van der Waals surface area contributed by atoms with Gasteiger partial charge >= 0.3 is 0 Å². The third-order valence-corrected chi connectivity index (χ3v) is 6.01. The number of primary amides is 1. The summed E-state index contributed by atoms with van der Waals surface area (Å²) in [6, 6.07) is 9.45. The summed E-state index contributed by atoms with van der Waals surface area (Å²) in [5.74, 6) is -0.518. The number of benzene rings is 2. The molecule has 1 aliphatic heterocycles. The summed E-state index contributed by atoms with van der Waals surface area (Å²) in [5, 5.41) is 28.1. The van der Waals surface area contributed by atoms with Gasteiger partial charge in [-0.1, -0.05) is 29.8 Å². The number of nitrogens with one attached hydrogen (secondary N) is 1. The van der Waals surface area contributed by atoms with Crippen molar-refractivity contribution in [3.05, 3.63) is 70.5 Å². The van der Waals surface area contributed by atoms with Crippen LogP contribution in [0.4, 0.5) is 4.39 Å². The predicted octanol–water partition coefficient (Wildman–Crippen LogP) is 1.17. The van der Waals surface area contributed by atoms with Crippen LogP contribution in [0.5, 0.6) is 11.5 Å². The maximum absolute atomic E-state index is 13.3. The molecule has 36 heavy (non-hydrogen) atoms. The lowest BCUT2D eigenvalue weighted by molar-refractivity contribution is -0.0439. The van der Waals surface area contributed by atoms with E-state index in [-0.39, 0.29) is 24.0 Å². The minimum Gasteiger partial charge on any atom is -0.493 e. The highest BCUT2D eigenvalue weighted by Crippen LogP contribution is 2.33. The fraction of sp³-hybridized carbons (Fsp3) is 0.348. The molecule has 4 atom stereocenters. The Kier molecular flexibility index (Phi) is 8.01. The van der Waals surface area contributed by atoms with Crippen molar-refractivity contribution in [3.8, 4) is 11.5 Å². The lowest BCUT2D eigenvalue weighted by Crippen LogP contribution is -2.37. The van der Waals surface area contributed by atoms with Crippen LogP contribution in [0.3, 0.4) is 0 Å². The van der Waals surface area contributed by atoms with Crippen molar-refractivity contribution in [1.82, 2.24) is 20.1 Å². The summed E-state index contributed by atoms with van der Waals surface area (Å²) >= 11 is 6.11. The van der Waals surface area contributed by atoms with E-state index in [2.05, 4.69) is 15.4 Å². The van der Waals surface area contributed by atoms with E-state index in [4.69, 9.17) is 31.5 Å². The molecule has 1 aliphatic rings. The maximum atomic E-state index is 13.3. The second-order valence-electron chi connectivity index (χ2n) is 8.06. The highest BCUT2D eigenvalue weighted by Gasteiger charge is 2.44. The summed E-state index contributed by atoms with van der Waals surface area (Å²) in [5.41, 5.74) is 6.51. The first-order valence-electron chi connectivity index (χ1n) is 10.9. The molecule has 2 heterocycles. The molecule has 2 aromatic carbocycles. The van der Waals surface area contributed by atoms with E-state index in [9.17, 15) is 19.4 Å². The fourth-order valence-electron chi connectivity index (χ4n) is 3.79. The van der Waals surface area contributed by atoms with Gasteiger partial charge in [0.25, 0.3) is 5.91 Å². The molecule has 1 saturated heterocycles. The highest BCUT2D eigenvalue weighted by atomic mass is 35.5. The normalized spacial score (nSPS) is 21.5. The Balaban J connectivity index is 1.40. The maximum Gasteiger partial charge on any atom is 0.288 e. The number of aromatic nitrogens is 3. The van der Waals surface area contributed by atoms with Crippen LogP contribution < -0.4 is 20.5 Å². The van der Waals surface area contributed by atoms with Gasteiger partial charge in [-0.05, 0) is 18.2 Å². The number of halogens is 2. The molecule has 5 N–H and O–H groups in total. The minimum atomic E-state index is -1.30. The Bertz CT molecular complexity index is 1230. The summed E-state index contributed by atoms with van der Waals surface area (Å²) < 4.78 is 31.6. The van der Waals surface area contributed by atoms with Crippen molar-refractivity contribution in [2.75, 3.05) is 13.7 Å². The van der Waals surface area contributed by atoms with E-state index < -0.39 is 36.3 Å². The number of methoxy groups -OCH3 is 1. The second-order valence-corrected chi connectivity index (χ2v) is 8.47. The number of nitrogens with two attached hydrogens (primary N) is 1. The van der Waals surface area contributed by atoms with E-state index in [0.717, 1.165) is 10.2 Å². The van der Waals surface area contributed by atoms with Crippen molar-refractivity contribution < 1.29 is 33.6 Å². The van der Waals surface area contributed by atoms with Crippen LogP contribution in [0.2, 0.25) is 5.02 Å². The average Bonchev–Trinajstić information content (AvgIpc) is 3.45. The predicted molar refractivity (Wildman–Crippen MR) is 125 cm³/mol. The van der Waals surface area contributed by atoms with Gasteiger partial charge in [0.1, 0.15) is 37.1 Å². The summed E-state index contributed by atoms with van der Waals surface area (Å²) in [4.78, 5) is 15.0. The Labute approximate surface area is 210 Å². The summed E-state index contributed by atoms with van der Waals surface area (Å²) in [7, 11) is 1.52. The van der Waals surface area contributed by atoms with Gasteiger partial charge in [0.2, 0.25) is 5.82 Å². The van der Waals surface area contributed by atoms with Gasteiger partial charge in [-0.25, -0.2) is 14.1 Å². The standard InChI is InChI=1S/C23H25ClFN5O6/c1-34-16-4-2-3-12(20(16)35-10-13-5-6-14(25)7-15(13)24)8-27-9-17-18(31)19(32)23(36-17)30-11-28-22(29-30)21(26)33/h2-7,11,17-19,23,27,31-32H,8-10H2,1H3,(H2,26,33)/t17-,18-,19-,23-/m1/s1. The molecule has 0 radical (unpaired) electrons. The smallest absolute Gasteiger partial charge is 0.288 e. The molecular weight excluding hydrogens is 497 g/mol. The number of carbonyl (C=O) groups is 1. The van der Waals surface area contributed by atoms with Gasteiger partial charge in [-0.2, -0.15) is 0 Å². The van der Waals surface area contributed by atoms with E-state index in [1.165, 1.54) is 25.6 Å². The summed E-state index contributed by atoms with van der Waals surface area (Å²) in [6.45, 7) is 0.578. The molecule has 3 aromatic rings. The van der Waals surface area contributed by atoms with Gasteiger partial charge in [0, 0.05) is 24.2 Å². The molecule has 0 bridgehead atoms. The zero-order chi connectivity index (χ0) is 25.8. The first-order valence-corrected chi connectivity index (χ1v) is 11.3. The number of ether oxygens (including phenoxy) is 3. The molecule has 13 heteroatoms. The van der Waals surface area contributed by atoms with Crippen LogP contribution >= 0.6 is 11.6 Å². The van der Waals surface area contributed by atoms with Crippen LogP contribution in [-0.2, 0) is 17.9 Å². The van der Waals surface area contributed by atoms with E-state index >= 15 is 0 Å². The lowest BCUT2D eigenvalue weighted by atomic mass is 10.1. The van der Waals surface area contributed by atoms with E-state index in [0.29, 0.717) is 23.6 Å². The zero-order valence-electron chi connectivity index (χ0n) is 19.2. The number of hydrogen-bond donors (Lipinski definition) is 4. The van der Waals surface area contributed by atoms with Crippen LogP contribution in [0, 0.1) is 5.82 Å². The van der Waals surface area contributed by atoms with E-state index in [1.807, 2.05) is 6.07 Å². The molecule has 0 saturated carbocycles. The molecule has 0 aliphatic carbocycles. The van der Waals surface area contributed by atoms with Crippen LogP contribution in [0.25, 0.3) is 0 Å². The Hall–Kier alpha value is -3.29. The third kappa shape index (κ3) is 5.58. The van der Waals surface area contributed by atoms with Gasteiger partial charge in [-0.3, -0.25) is 4.79 Å². The number of para-hydroxylation sites is 1. The topological polar surface area (TPSA) is 154 Å². The van der Waals surface area contributed by atoms with Gasteiger partial charge < -0.3 is 35.5 Å². The largest absolute Gasteiger partial charge is 0.493 e. The van der Waals surface area contributed by atoms with Crippen molar-refractivity contribution in [2.45, 2.75) is 37.7 Å². The second kappa shape index (κ2) is 11.2. The molecule has 0 unspecified atom stereocenters. The quantitative estimate of drug-likeness (QED) is 0.308. The number of aliphatic hydroxyl groups excluding tert-OH is 2. The molecular formula is C23H25ClFN5O6. The number of carbonyl (C=O) groups excluding carboxylic acids is 1. The molecule has 0 spiro atoms. The number of nitrogens with zero attached hydrogens (tertiary/aromatic N) is 3. The van der Waals surface area contributed by atoms with Crippen LogP contribution in [0.1, 0.15) is 28.0 Å². The Morgan fingerprint density at radius 3 is 2.78 bits per heavy atom. The highest BCUT2D eigenvalue weighted by molar-refractivity contribution is 6.31. The fourth-order valence-corrected chi connectivity index (χ4v) is 4.01. The summed E-state index contributed by atoms with van der Waals surface area (Å²) in [6.07, 6.45) is -3.13. The third-order valence-electron chi connectivity index (χ3n) is 5.66. The average molecular weight is 522 g/mol. The molecule has 1 fully saturated rings. The molecule has 4 rings (SSSR count). The molecule has 1 amide bonds. The Morgan fingerprint density at radius 2 is 2.08 bits per heavy atom. The minimum absolute atomic E-state index is 0.0933. The van der Waals surface area contributed by atoms with Gasteiger partial charge in [0.15, 0.2) is 17.7 Å². The van der Waals surface area contributed by atoms with Gasteiger partial charge in [-0.15, -0.1) is 5.10 Å². The van der Waals surface area contributed by atoms with Crippen LogP contribution in [-0.4, -0.2) is 62.9 Å². The zero-order valence-corrected chi connectivity index (χ0v) is 19.9. The lowest BCUT2D eigenvalue weighted by Gasteiger charge is -2.18. The van der Waals surface area contributed by atoms with Crippen LogP contribution in [0.15, 0.2) is 42.7 Å². The van der Waals surface area contributed by atoms with Crippen molar-refractivity contribution in [2.24, 2.45) is 5.73 Å². The molecule has 1 aromatic heterocycles. The first kappa shape index (κ1) is 25.8. The van der Waals surface area contributed by atoms with Gasteiger partial charge in [0.05, 0.1) is 12.1 Å². The number of hydrogen-bond acceptors (Lipinski definition) is 9.